The highest BCUT2D eigenvalue weighted by atomic mass is 32.2. The third kappa shape index (κ3) is 2.73. The standard InChI is InChI=1S/C12H12N2OS/c1-14-8-7-11(15)13-12(14)16-9-10-5-3-2-4-6-10/h2-8H,9H2,1H3. The van der Waals surface area contributed by atoms with Crippen LogP contribution < -0.4 is 5.56 Å². The van der Waals surface area contributed by atoms with Crippen molar-refractivity contribution in [2.45, 2.75) is 10.9 Å². The van der Waals surface area contributed by atoms with E-state index < -0.39 is 0 Å². The first kappa shape index (κ1) is 11.0. The molecule has 0 saturated heterocycles. The molecule has 0 radical (unpaired) electrons. The van der Waals surface area contributed by atoms with Crippen molar-refractivity contribution < 1.29 is 0 Å². The number of aromatic nitrogens is 2. The normalized spacial score (nSPS) is 10.3. The average molecular weight is 232 g/mol. The Kier molecular flexibility index (Phi) is 3.41. The van der Waals surface area contributed by atoms with Crippen molar-refractivity contribution in [3.05, 3.63) is 58.5 Å². The molecule has 0 bridgehead atoms. The number of benzene rings is 1. The van der Waals surface area contributed by atoms with Crippen molar-refractivity contribution in [2.75, 3.05) is 0 Å². The molecular weight excluding hydrogens is 220 g/mol. The van der Waals surface area contributed by atoms with Crippen molar-refractivity contribution in [3.8, 4) is 0 Å². The lowest BCUT2D eigenvalue weighted by Gasteiger charge is -2.05. The van der Waals surface area contributed by atoms with Gasteiger partial charge in [-0.1, -0.05) is 42.1 Å². The first-order valence-electron chi connectivity index (χ1n) is 4.96. The van der Waals surface area contributed by atoms with E-state index in [0.717, 1.165) is 10.9 Å². The molecule has 16 heavy (non-hydrogen) atoms. The molecule has 4 heteroatoms. The molecule has 0 amide bonds. The van der Waals surface area contributed by atoms with Crippen LogP contribution in [0.1, 0.15) is 5.56 Å². The quantitative estimate of drug-likeness (QED) is 0.600. The molecule has 0 atom stereocenters. The van der Waals surface area contributed by atoms with Gasteiger partial charge >= 0.3 is 0 Å². The number of hydrogen-bond donors (Lipinski definition) is 0. The van der Waals surface area contributed by atoms with Crippen molar-refractivity contribution in [1.82, 2.24) is 9.55 Å². The highest BCUT2D eigenvalue weighted by molar-refractivity contribution is 7.98. The third-order valence-electron chi connectivity index (χ3n) is 2.16. The van der Waals surface area contributed by atoms with Gasteiger partial charge in [-0.2, -0.15) is 4.98 Å². The molecule has 0 spiro atoms. The molecular formula is C12H12N2OS. The monoisotopic (exact) mass is 232 g/mol. The lowest BCUT2D eigenvalue weighted by atomic mass is 10.2. The van der Waals surface area contributed by atoms with E-state index in [4.69, 9.17) is 0 Å². The van der Waals surface area contributed by atoms with E-state index in [1.165, 1.54) is 11.6 Å². The molecule has 2 aromatic rings. The van der Waals surface area contributed by atoms with Crippen LogP contribution in [0.15, 0.2) is 52.5 Å². The lowest BCUT2D eigenvalue weighted by molar-refractivity contribution is 0.727. The Hall–Kier alpha value is -1.55. The van der Waals surface area contributed by atoms with E-state index in [2.05, 4.69) is 17.1 Å². The van der Waals surface area contributed by atoms with Crippen LogP contribution in [0, 0.1) is 0 Å². The van der Waals surface area contributed by atoms with Gasteiger partial charge in [0.2, 0.25) is 0 Å². The summed E-state index contributed by atoms with van der Waals surface area (Å²) in [6.45, 7) is 0. The topological polar surface area (TPSA) is 34.9 Å². The van der Waals surface area contributed by atoms with Crippen molar-refractivity contribution in [2.24, 2.45) is 7.05 Å². The summed E-state index contributed by atoms with van der Waals surface area (Å²) in [6, 6.07) is 11.6. The molecule has 1 heterocycles. The summed E-state index contributed by atoms with van der Waals surface area (Å²) in [5.41, 5.74) is 1.04. The van der Waals surface area contributed by atoms with Gasteiger partial charge in [-0.25, -0.2) is 0 Å². The number of aryl methyl sites for hydroxylation is 1. The molecule has 0 saturated carbocycles. The summed E-state index contributed by atoms with van der Waals surface area (Å²) in [4.78, 5) is 15.1. The van der Waals surface area contributed by atoms with Crippen LogP contribution in [-0.4, -0.2) is 9.55 Å². The molecule has 1 aromatic heterocycles. The predicted molar refractivity (Wildman–Crippen MR) is 65.5 cm³/mol. The van der Waals surface area contributed by atoms with Crippen LogP contribution in [0.25, 0.3) is 0 Å². The number of hydrogen-bond acceptors (Lipinski definition) is 3. The summed E-state index contributed by atoms with van der Waals surface area (Å²) in [6.07, 6.45) is 1.74. The zero-order valence-corrected chi connectivity index (χ0v) is 9.78. The Bertz CT molecular complexity index is 522. The molecule has 1 aromatic carbocycles. The Morgan fingerprint density at radius 1 is 1.25 bits per heavy atom. The van der Waals surface area contributed by atoms with Gasteiger partial charge in [0.1, 0.15) is 0 Å². The van der Waals surface area contributed by atoms with Gasteiger partial charge in [0, 0.05) is 25.1 Å². The largest absolute Gasteiger partial charge is 0.330 e. The van der Waals surface area contributed by atoms with Gasteiger partial charge in [-0.3, -0.25) is 4.79 Å². The van der Waals surface area contributed by atoms with Crippen LogP contribution in [0.5, 0.6) is 0 Å². The van der Waals surface area contributed by atoms with Crippen LogP contribution in [0.4, 0.5) is 0 Å². The molecule has 0 unspecified atom stereocenters. The second-order valence-electron chi connectivity index (χ2n) is 3.43. The van der Waals surface area contributed by atoms with E-state index in [1.807, 2.05) is 29.8 Å². The van der Waals surface area contributed by atoms with Crippen molar-refractivity contribution in [1.29, 1.82) is 0 Å². The molecule has 0 N–H and O–H groups in total. The Balaban J connectivity index is 2.10. The van der Waals surface area contributed by atoms with Crippen LogP contribution in [0.3, 0.4) is 0 Å². The molecule has 2 rings (SSSR count). The van der Waals surface area contributed by atoms with E-state index in [9.17, 15) is 4.79 Å². The highest BCUT2D eigenvalue weighted by Gasteiger charge is 2.01. The number of rotatable bonds is 3. The number of nitrogens with zero attached hydrogens (tertiary/aromatic N) is 2. The van der Waals surface area contributed by atoms with E-state index >= 15 is 0 Å². The van der Waals surface area contributed by atoms with Gasteiger partial charge in [0.15, 0.2) is 5.16 Å². The number of thioether (sulfide) groups is 1. The molecule has 0 aliphatic heterocycles. The minimum atomic E-state index is -0.186. The van der Waals surface area contributed by atoms with Gasteiger partial charge in [-0.05, 0) is 5.56 Å². The van der Waals surface area contributed by atoms with Crippen molar-refractivity contribution >= 4 is 11.8 Å². The maximum atomic E-state index is 11.1. The maximum absolute atomic E-state index is 11.1. The SMILES string of the molecule is Cn1ccc(=O)nc1SCc1ccccc1. The van der Waals surface area contributed by atoms with Gasteiger partial charge in [-0.15, -0.1) is 0 Å². The fourth-order valence-electron chi connectivity index (χ4n) is 1.31. The molecule has 3 nitrogen and oxygen atoms in total. The Morgan fingerprint density at radius 3 is 2.75 bits per heavy atom. The molecule has 0 aliphatic carbocycles. The second kappa shape index (κ2) is 4.99. The maximum Gasteiger partial charge on any atom is 0.273 e. The van der Waals surface area contributed by atoms with Gasteiger partial charge < -0.3 is 4.57 Å². The van der Waals surface area contributed by atoms with Crippen LogP contribution in [-0.2, 0) is 12.8 Å². The van der Waals surface area contributed by atoms with E-state index in [1.54, 1.807) is 18.0 Å². The Morgan fingerprint density at radius 2 is 2.00 bits per heavy atom. The molecule has 0 aliphatic rings. The first-order chi connectivity index (χ1) is 7.75. The lowest BCUT2D eigenvalue weighted by Crippen LogP contribution is -2.10. The molecule has 0 fully saturated rings. The third-order valence-corrected chi connectivity index (χ3v) is 3.27. The fraction of sp³-hybridized carbons (Fsp3) is 0.167. The second-order valence-corrected chi connectivity index (χ2v) is 4.38. The summed E-state index contributed by atoms with van der Waals surface area (Å²) < 4.78 is 1.86. The summed E-state index contributed by atoms with van der Waals surface area (Å²) in [7, 11) is 1.89. The smallest absolute Gasteiger partial charge is 0.273 e. The van der Waals surface area contributed by atoms with E-state index in [0.29, 0.717) is 0 Å². The van der Waals surface area contributed by atoms with Gasteiger partial charge in [0.05, 0.1) is 0 Å². The minimum absolute atomic E-state index is 0.186. The average Bonchev–Trinajstić information content (AvgIpc) is 2.32. The Labute approximate surface area is 98.2 Å². The molecule has 82 valence electrons. The van der Waals surface area contributed by atoms with Crippen molar-refractivity contribution in [3.63, 3.8) is 0 Å². The van der Waals surface area contributed by atoms with Gasteiger partial charge in [0.25, 0.3) is 5.56 Å². The summed E-state index contributed by atoms with van der Waals surface area (Å²) >= 11 is 1.57. The van der Waals surface area contributed by atoms with E-state index in [-0.39, 0.29) is 5.56 Å². The zero-order chi connectivity index (χ0) is 11.4. The van der Waals surface area contributed by atoms with Crippen LogP contribution in [0.2, 0.25) is 0 Å². The highest BCUT2D eigenvalue weighted by Crippen LogP contribution is 2.18. The van der Waals surface area contributed by atoms with Crippen LogP contribution >= 0.6 is 11.8 Å². The fourth-order valence-corrected chi connectivity index (χ4v) is 2.21. The summed E-state index contributed by atoms with van der Waals surface area (Å²) in [5, 5.41) is 0.747. The first-order valence-corrected chi connectivity index (χ1v) is 5.95. The minimum Gasteiger partial charge on any atom is -0.330 e. The summed E-state index contributed by atoms with van der Waals surface area (Å²) in [5.74, 6) is 0.825. The predicted octanol–water partition coefficient (Wildman–Crippen LogP) is 2.07. The zero-order valence-electron chi connectivity index (χ0n) is 8.96.